The van der Waals surface area contributed by atoms with Gasteiger partial charge in [-0.1, -0.05) is 0 Å². The molecular weight excluding hydrogens is 218 g/mol. The Labute approximate surface area is 92.8 Å². The first-order valence-electron chi connectivity index (χ1n) is 4.05. The standard InChI is InChI=1S/C9H13NO2S2/c1-11-13-8-3-7(6-10)4-9(5-8)14-12-2/h3-5H,6,10H2,1-2H3. The van der Waals surface area contributed by atoms with Crippen LogP contribution in [0.3, 0.4) is 0 Å². The molecule has 0 saturated carbocycles. The molecule has 0 saturated heterocycles. The van der Waals surface area contributed by atoms with Crippen LogP contribution in [-0.2, 0) is 14.9 Å². The van der Waals surface area contributed by atoms with E-state index in [9.17, 15) is 0 Å². The average Bonchev–Trinajstić information content (AvgIpc) is 2.18. The molecule has 1 rings (SSSR count). The maximum absolute atomic E-state index is 5.58. The summed E-state index contributed by atoms with van der Waals surface area (Å²) in [4.78, 5) is 2.07. The Kier molecular flexibility index (Phi) is 5.36. The lowest BCUT2D eigenvalue weighted by Crippen LogP contribution is -1.96. The van der Waals surface area contributed by atoms with E-state index in [1.807, 2.05) is 18.2 Å². The van der Waals surface area contributed by atoms with Gasteiger partial charge in [0.15, 0.2) is 0 Å². The van der Waals surface area contributed by atoms with Crippen molar-refractivity contribution in [1.82, 2.24) is 0 Å². The Balaban J connectivity index is 2.88. The van der Waals surface area contributed by atoms with E-state index in [-0.39, 0.29) is 0 Å². The topological polar surface area (TPSA) is 44.5 Å². The van der Waals surface area contributed by atoms with Crippen molar-refractivity contribution in [3.8, 4) is 0 Å². The van der Waals surface area contributed by atoms with Crippen molar-refractivity contribution in [2.45, 2.75) is 16.3 Å². The summed E-state index contributed by atoms with van der Waals surface area (Å²) in [5.74, 6) is 0. The van der Waals surface area contributed by atoms with Gasteiger partial charge in [-0.25, -0.2) is 0 Å². The largest absolute Gasteiger partial charge is 0.326 e. The highest BCUT2D eigenvalue weighted by atomic mass is 32.2. The predicted octanol–water partition coefficient (Wildman–Crippen LogP) is 2.45. The number of hydrogen-bond acceptors (Lipinski definition) is 5. The van der Waals surface area contributed by atoms with Crippen molar-refractivity contribution < 1.29 is 8.37 Å². The summed E-state index contributed by atoms with van der Waals surface area (Å²) in [5.41, 5.74) is 6.66. The summed E-state index contributed by atoms with van der Waals surface area (Å²) in [7, 11) is 3.28. The van der Waals surface area contributed by atoms with Crippen LogP contribution in [0.15, 0.2) is 28.0 Å². The maximum Gasteiger partial charge on any atom is 0.0508 e. The van der Waals surface area contributed by atoms with Gasteiger partial charge in [-0.2, -0.15) is 0 Å². The minimum absolute atomic E-state index is 0.523. The van der Waals surface area contributed by atoms with Crippen LogP contribution < -0.4 is 5.73 Å². The molecule has 0 heterocycles. The Hall–Kier alpha value is -0.200. The fraction of sp³-hybridized carbons (Fsp3) is 0.333. The molecule has 0 aliphatic heterocycles. The fourth-order valence-electron chi connectivity index (χ4n) is 1.04. The molecule has 0 aromatic heterocycles. The summed E-state index contributed by atoms with van der Waals surface area (Å²) in [6.45, 7) is 0.523. The van der Waals surface area contributed by atoms with Crippen LogP contribution >= 0.6 is 24.1 Å². The van der Waals surface area contributed by atoms with Crippen LogP contribution in [0.2, 0.25) is 0 Å². The third-order valence-electron chi connectivity index (χ3n) is 1.53. The van der Waals surface area contributed by atoms with Crippen LogP contribution in [0.4, 0.5) is 0 Å². The van der Waals surface area contributed by atoms with Crippen molar-refractivity contribution in [3.63, 3.8) is 0 Å². The van der Waals surface area contributed by atoms with E-state index in [4.69, 9.17) is 14.1 Å². The summed E-state index contributed by atoms with van der Waals surface area (Å²) >= 11 is 2.64. The third-order valence-corrected chi connectivity index (χ3v) is 2.72. The van der Waals surface area contributed by atoms with Gasteiger partial charge in [-0.15, -0.1) is 0 Å². The van der Waals surface area contributed by atoms with Crippen LogP contribution in [0.5, 0.6) is 0 Å². The molecule has 0 aliphatic rings. The maximum atomic E-state index is 5.58. The highest BCUT2D eigenvalue weighted by molar-refractivity contribution is 7.95. The van der Waals surface area contributed by atoms with E-state index in [0.29, 0.717) is 6.54 Å². The highest BCUT2D eigenvalue weighted by Gasteiger charge is 2.01. The summed E-state index contributed by atoms with van der Waals surface area (Å²) < 4.78 is 9.97. The lowest BCUT2D eigenvalue weighted by atomic mass is 10.2. The quantitative estimate of drug-likeness (QED) is 0.789. The minimum atomic E-state index is 0.523. The molecule has 0 amide bonds. The van der Waals surface area contributed by atoms with Crippen LogP contribution in [0, 0.1) is 0 Å². The molecule has 14 heavy (non-hydrogen) atoms. The number of benzene rings is 1. The summed E-state index contributed by atoms with van der Waals surface area (Å²) in [6.07, 6.45) is 0. The van der Waals surface area contributed by atoms with Crippen LogP contribution in [0.25, 0.3) is 0 Å². The first kappa shape index (κ1) is 11.9. The fourth-order valence-corrected chi connectivity index (χ4v) is 2.25. The van der Waals surface area contributed by atoms with Gasteiger partial charge in [0, 0.05) is 40.4 Å². The molecule has 3 nitrogen and oxygen atoms in total. The second kappa shape index (κ2) is 6.31. The first-order valence-corrected chi connectivity index (χ1v) is 5.54. The molecule has 0 bridgehead atoms. The van der Waals surface area contributed by atoms with Crippen molar-refractivity contribution in [2.75, 3.05) is 14.2 Å². The molecule has 0 aliphatic carbocycles. The van der Waals surface area contributed by atoms with E-state index < -0.39 is 0 Å². The van der Waals surface area contributed by atoms with Gasteiger partial charge in [-0.3, -0.25) is 0 Å². The third kappa shape index (κ3) is 3.51. The van der Waals surface area contributed by atoms with Gasteiger partial charge >= 0.3 is 0 Å². The van der Waals surface area contributed by atoms with Crippen molar-refractivity contribution in [2.24, 2.45) is 5.73 Å². The van der Waals surface area contributed by atoms with E-state index in [1.54, 1.807) is 14.2 Å². The van der Waals surface area contributed by atoms with Crippen LogP contribution in [0.1, 0.15) is 5.56 Å². The molecule has 1 aromatic rings. The van der Waals surface area contributed by atoms with Gasteiger partial charge in [-0.05, 0) is 23.8 Å². The van der Waals surface area contributed by atoms with E-state index in [0.717, 1.165) is 15.4 Å². The van der Waals surface area contributed by atoms with Crippen LogP contribution in [-0.4, -0.2) is 14.2 Å². The lowest BCUT2D eigenvalue weighted by molar-refractivity contribution is 0.488. The second-order valence-electron chi connectivity index (χ2n) is 2.52. The molecule has 0 unspecified atom stereocenters. The van der Waals surface area contributed by atoms with Gasteiger partial charge in [0.1, 0.15) is 0 Å². The monoisotopic (exact) mass is 231 g/mol. The van der Waals surface area contributed by atoms with E-state index in [2.05, 4.69) is 0 Å². The molecule has 0 fully saturated rings. The van der Waals surface area contributed by atoms with Gasteiger partial charge in [0.05, 0.1) is 14.2 Å². The molecule has 5 heteroatoms. The molecule has 0 radical (unpaired) electrons. The normalized spacial score (nSPS) is 10.5. The molecule has 1 aromatic carbocycles. The highest BCUT2D eigenvalue weighted by Crippen LogP contribution is 2.27. The molecule has 0 spiro atoms. The van der Waals surface area contributed by atoms with Crippen molar-refractivity contribution in [3.05, 3.63) is 23.8 Å². The Bertz CT molecular complexity index is 270. The van der Waals surface area contributed by atoms with Crippen molar-refractivity contribution in [1.29, 1.82) is 0 Å². The number of hydrogen-bond donors (Lipinski definition) is 1. The summed E-state index contributed by atoms with van der Waals surface area (Å²) in [6, 6.07) is 6.02. The zero-order valence-corrected chi connectivity index (χ0v) is 9.78. The van der Waals surface area contributed by atoms with Gasteiger partial charge < -0.3 is 14.1 Å². The second-order valence-corrected chi connectivity index (χ2v) is 4.46. The SMILES string of the molecule is COSc1cc(CN)cc(SOC)c1. The van der Waals surface area contributed by atoms with Crippen molar-refractivity contribution >= 4 is 24.1 Å². The van der Waals surface area contributed by atoms with E-state index >= 15 is 0 Å². The van der Waals surface area contributed by atoms with Gasteiger partial charge in [0.2, 0.25) is 0 Å². The molecule has 2 N–H and O–H groups in total. The molecule has 78 valence electrons. The smallest absolute Gasteiger partial charge is 0.0508 e. The van der Waals surface area contributed by atoms with E-state index in [1.165, 1.54) is 24.1 Å². The molecule has 0 atom stereocenters. The minimum Gasteiger partial charge on any atom is -0.326 e. The molecular formula is C9H13NO2S2. The number of rotatable bonds is 5. The summed E-state index contributed by atoms with van der Waals surface area (Å²) in [5, 5.41) is 0. The predicted molar refractivity (Wildman–Crippen MR) is 60.1 cm³/mol. The zero-order valence-electron chi connectivity index (χ0n) is 8.15. The first-order chi connectivity index (χ1) is 6.80. The lowest BCUT2D eigenvalue weighted by Gasteiger charge is -2.05. The zero-order chi connectivity index (χ0) is 10.4. The number of nitrogens with two attached hydrogens (primary N) is 1. The Morgan fingerprint density at radius 2 is 1.57 bits per heavy atom. The van der Waals surface area contributed by atoms with Gasteiger partial charge in [0.25, 0.3) is 0 Å². The Morgan fingerprint density at radius 1 is 1.07 bits per heavy atom. The average molecular weight is 231 g/mol. The Morgan fingerprint density at radius 3 is 1.93 bits per heavy atom.